The van der Waals surface area contributed by atoms with E-state index in [0.717, 1.165) is 109 Å². The third-order valence-corrected chi connectivity index (χ3v) is 9.47. The van der Waals surface area contributed by atoms with Crippen LogP contribution in [0.2, 0.25) is 0 Å². The third kappa shape index (κ3) is 42.6. The molecule has 0 aromatic heterocycles. The molecule has 320 valence electrons. The van der Waals surface area contributed by atoms with Gasteiger partial charge in [0, 0.05) is 19.6 Å². The van der Waals surface area contributed by atoms with Crippen LogP contribution in [0, 0.1) is 0 Å². The summed E-state index contributed by atoms with van der Waals surface area (Å²) >= 11 is 0. The van der Waals surface area contributed by atoms with Gasteiger partial charge in [-0.25, -0.2) is 4.57 Å². The molecule has 56 heavy (non-hydrogen) atoms. The molecular weight excluding hydrogens is 721 g/mol. The van der Waals surface area contributed by atoms with E-state index in [4.69, 9.17) is 24.3 Å². The van der Waals surface area contributed by atoms with Crippen molar-refractivity contribution in [2.45, 2.75) is 161 Å². The van der Waals surface area contributed by atoms with Crippen LogP contribution in [-0.2, 0) is 27.9 Å². The zero-order chi connectivity index (χ0) is 40.9. The predicted molar refractivity (Wildman–Crippen MR) is 238 cm³/mol. The zero-order valence-corrected chi connectivity index (χ0v) is 36.2. The lowest BCUT2D eigenvalue weighted by molar-refractivity contribution is -0.154. The molecule has 0 fully saturated rings. The molecule has 0 amide bonds. The summed E-state index contributed by atoms with van der Waals surface area (Å²) in [5.74, 6) is -0.361. The first-order valence-electron chi connectivity index (χ1n) is 21.7. The SMILES string of the molecule is CC/C=C\C/C=C\C/C=C\C/C=C\C/C=C\C/C=C\CCCCCOCC(COP(=O)(O)OCCN)OC(=O)CCCCCCC/C=C\C/C=C\CCCCC. The van der Waals surface area contributed by atoms with Crippen LogP contribution in [-0.4, -0.2) is 49.9 Å². The quantitative estimate of drug-likeness (QED) is 0.0272. The summed E-state index contributed by atoms with van der Waals surface area (Å²) in [5, 5.41) is 0. The topological polar surface area (TPSA) is 117 Å². The average molecular weight is 802 g/mol. The van der Waals surface area contributed by atoms with Crippen molar-refractivity contribution < 1.29 is 32.8 Å². The molecule has 0 aromatic carbocycles. The summed E-state index contributed by atoms with van der Waals surface area (Å²) in [6, 6.07) is 0. The minimum absolute atomic E-state index is 0.0813. The molecule has 0 heterocycles. The molecule has 9 heteroatoms. The van der Waals surface area contributed by atoms with Gasteiger partial charge in [-0.05, 0) is 96.3 Å². The van der Waals surface area contributed by atoms with Crippen LogP contribution in [0.25, 0.3) is 0 Å². The van der Waals surface area contributed by atoms with Crippen LogP contribution in [0.5, 0.6) is 0 Å². The van der Waals surface area contributed by atoms with Crippen molar-refractivity contribution in [1.82, 2.24) is 0 Å². The summed E-state index contributed by atoms with van der Waals surface area (Å²) in [6.45, 7) is 4.64. The number of phosphoric ester groups is 1. The molecule has 3 N–H and O–H groups in total. The van der Waals surface area contributed by atoms with Crippen molar-refractivity contribution in [3.05, 3.63) is 97.2 Å². The highest BCUT2D eigenvalue weighted by Gasteiger charge is 2.25. The van der Waals surface area contributed by atoms with E-state index in [0.29, 0.717) is 6.61 Å². The highest BCUT2D eigenvalue weighted by Crippen LogP contribution is 2.43. The Morgan fingerprint density at radius 3 is 1.50 bits per heavy atom. The van der Waals surface area contributed by atoms with Crippen LogP contribution >= 0.6 is 7.82 Å². The Morgan fingerprint density at radius 1 is 0.554 bits per heavy atom. The van der Waals surface area contributed by atoms with E-state index in [1.54, 1.807) is 0 Å². The Kier molecular flexibility index (Phi) is 41.5. The number of hydrogen-bond donors (Lipinski definition) is 2. The van der Waals surface area contributed by atoms with Crippen molar-refractivity contribution >= 4 is 13.8 Å². The van der Waals surface area contributed by atoms with E-state index in [1.165, 1.54) is 25.7 Å². The molecule has 8 nitrogen and oxygen atoms in total. The van der Waals surface area contributed by atoms with E-state index in [-0.39, 0.29) is 38.8 Å². The minimum atomic E-state index is -4.30. The van der Waals surface area contributed by atoms with Crippen molar-refractivity contribution in [2.24, 2.45) is 5.73 Å². The molecule has 0 aliphatic heterocycles. The number of carbonyl (C=O) groups excluding carboxylic acids is 1. The average Bonchev–Trinajstić information content (AvgIpc) is 3.19. The first-order chi connectivity index (χ1) is 27.4. The van der Waals surface area contributed by atoms with E-state index in [9.17, 15) is 14.3 Å². The Hall–Kier alpha value is -2.58. The van der Waals surface area contributed by atoms with Gasteiger partial charge in [0.15, 0.2) is 0 Å². The molecule has 0 aromatic rings. The number of ether oxygens (including phenoxy) is 2. The van der Waals surface area contributed by atoms with Crippen LogP contribution < -0.4 is 5.73 Å². The first-order valence-corrected chi connectivity index (χ1v) is 23.2. The Balaban J connectivity index is 4.16. The minimum Gasteiger partial charge on any atom is -0.457 e. The third-order valence-electron chi connectivity index (χ3n) is 8.49. The highest BCUT2D eigenvalue weighted by molar-refractivity contribution is 7.47. The van der Waals surface area contributed by atoms with Gasteiger partial charge in [-0.15, -0.1) is 0 Å². The lowest BCUT2D eigenvalue weighted by Gasteiger charge is -2.20. The van der Waals surface area contributed by atoms with E-state index in [2.05, 4.69) is 111 Å². The second-order valence-electron chi connectivity index (χ2n) is 13.8. The van der Waals surface area contributed by atoms with Gasteiger partial charge in [-0.1, -0.05) is 150 Å². The van der Waals surface area contributed by atoms with Crippen molar-refractivity contribution in [2.75, 3.05) is 33.0 Å². The maximum Gasteiger partial charge on any atom is 0.472 e. The lowest BCUT2D eigenvalue weighted by Crippen LogP contribution is -2.28. The second kappa shape index (κ2) is 43.5. The molecule has 0 bridgehead atoms. The second-order valence-corrected chi connectivity index (χ2v) is 15.3. The number of hydrogen-bond acceptors (Lipinski definition) is 7. The summed E-state index contributed by atoms with van der Waals surface area (Å²) < 4.78 is 33.4. The van der Waals surface area contributed by atoms with E-state index >= 15 is 0 Å². The number of carbonyl (C=O) groups is 1. The van der Waals surface area contributed by atoms with Crippen molar-refractivity contribution in [3.63, 3.8) is 0 Å². The van der Waals surface area contributed by atoms with Gasteiger partial charge in [0.2, 0.25) is 0 Å². The highest BCUT2D eigenvalue weighted by atomic mass is 31.2. The molecule has 0 rings (SSSR count). The normalized spacial score (nSPS) is 14.4. The molecule has 0 saturated carbocycles. The summed E-state index contributed by atoms with van der Waals surface area (Å²) in [4.78, 5) is 22.5. The maximum atomic E-state index is 12.6. The van der Waals surface area contributed by atoms with Crippen molar-refractivity contribution in [1.29, 1.82) is 0 Å². The van der Waals surface area contributed by atoms with Crippen molar-refractivity contribution in [3.8, 4) is 0 Å². The van der Waals surface area contributed by atoms with Crippen LogP contribution in [0.15, 0.2) is 97.2 Å². The fourth-order valence-corrected chi connectivity index (χ4v) is 6.09. The maximum absolute atomic E-state index is 12.6. The molecule has 0 radical (unpaired) electrons. The number of rotatable bonds is 40. The fraction of sp³-hybridized carbons (Fsp3) is 0.638. The predicted octanol–water partition coefficient (Wildman–Crippen LogP) is 13.1. The molecule has 2 atom stereocenters. The Labute approximate surface area is 342 Å². The smallest absolute Gasteiger partial charge is 0.457 e. The monoisotopic (exact) mass is 802 g/mol. The van der Waals surface area contributed by atoms with Crippen LogP contribution in [0.3, 0.4) is 0 Å². The number of allylic oxidation sites excluding steroid dienone is 16. The van der Waals surface area contributed by atoms with E-state index in [1.807, 2.05) is 0 Å². The summed E-state index contributed by atoms with van der Waals surface area (Å²) in [7, 11) is -4.30. The van der Waals surface area contributed by atoms with Gasteiger partial charge >= 0.3 is 13.8 Å². The van der Waals surface area contributed by atoms with Gasteiger partial charge in [0.1, 0.15) is 6.10 Å². The van der Waals surface area contributed by atoms with Gasteiger partial charge in [-0.3, -0.25) is 13.8 Å². The molecule has 0 spiro atoms. The Bertz CT molecular complexity index is 1170. The fourth-order valence-electron chi connectivity index (χ4n) is 5.32. The first kappa shape index (κ1) is 53.4. The summed E-state index contributed by atoms with van der Waals surface area (Å²) in [6.07, 6.45) is 57.1. The van der Waals surface area contributed by atoms with Gasteiger partial charge < -0.3 is 20.1 Å². The van der Waals surface area contributed by atoms with E-state index < -0.39 is 13.9 Å². The lowest BCUT2D eigenvalue weighted by atomic mass is 10.1. The standard InChI is InChI=1S/C47H80NO7P/c1-3-5-7-9-11-13-15-17-19-20-21-22-23-24-25-27-29-31-33-35-37-39-42-52-44-46(45-54-56(50,51)53-43-41-48)55-47(49)40-38-36-34-32-30-28-26-18-16-14-12-10-8-6-4-2/h5,7,11-14,17-19,21-22,24-26,29,31,46H,3-4,6,8-10,15-16,20,23,27-28,30,32-45,48H2,1-2H3,(H,50,51)/b7-5-,13-11-,14-12-,19-17-,22-21-,25-24-,26-18-,31-29-. The molecule has 0 aliphatic rings. The molecule has 0 saturated heterocycles. The van der Waals surface area contributed by atoms with Crippen LogP contribution in [0.1, 0.15) is 155 Å². The number of phosphoric acid groups is 1. The van der Waals surface area contributed by atoms with Gasteiger partial charge in [-0.2, -0.15) is 0 Å². The summed E-state index contributed by atoms with van der Waals surface area (Å²) in [5.41, 5.74) is 5.36. The number of unbranched alkanes of at least 4 members (excludes halogenated alkanes) is 11. The van der Waals surface area contributed by atoms with Gasteiger partial charge in [0.05, 0.1) is 19.8 Å². The molecular formula is C47H80NO7P. The Morgan fingerprint density at radius 2 is 1.00 bits per heavy atom. The largest absolute Gasteiger partial charge is 0.472 e. The zero-order valence-electron chi connectivity index (χ0n) is 35.3. The van der Waals surface area contributed by atoms with Crippen LogP contribution in [0.4, 0.5) is 0 Å². The molecule has 2 unspecified atom stereocenters. The number of esters is 1. The number of nitrogens with two attached hydrogens (primary N) is 1. The van der Waals surface area contributed by atoms with Gasteiger partial charge in [0.25, 0.3) is 0 Å². The molecule has 0 aliphatic carbocycles.